The lowest BCUT2D eigenvalue weighted by molar-refractivity contribution is 0.392. The van der Waals surface area contributed by atoms with Crippen LogP contribution < -0.4 is 9.47 Å². The fourth-order valence-corrected chi connectivity index (χ4v) is 2.48. The molecule has 0 aliphatic heterocycles. The maximum absolute atomic E-state index is 12.0. The molecule has 1 aromatic rings. The van der Waals surface area contributed by atoms with Gasteiger partial charge in [0.25, 0.3) is 0 Å². The standard InChI is InChI=1S/C11H16O4S/c1-8(2)16(12,13)11-7-9(14-3)5-6-10(11)15-4/h5-8H,1-4H3. The molecule has 0 unspecified atom stereocenters. The highest BCUT2D eigenvalue weighted by molar-refractivity contribution is 7.92. The minimum Gasteiger partial charge on any atom is -0.497 e. The van der Waals surface area contributed by atoms with Gasteiger partial charge in [-0.15, -0.1) is 0 Å². The predicted octanol–water partition coefficient (Wildman–Crippen LogP) is 1.89. The molecule has 90 valence electrons. The third-order valence-corrected chi connectivity index (χ3v) is 4.47. The molecular formula is C11H16O4S. The molecule has 0 aliphatic carbocycles. The zero-order chi connectivity index (χ0) is 12.3. The van der Waals surface area contributed by atoms with Gasteiger partial charge < -0.3 is 9.47 Å². The van der Waals surface area contributed by atoms with Crippen molar-refractivity contribution < 1.29 is 17.9 Å². The summed E-state index contributed by atoms with van der Waals surface area (Å²) in [5.41, 5.74) is 0. The molecule has 0 spiro atoms. The van der Waals surface area contributed by atoms with Gasteiger partial charge in [0.05, 0.1) is 19.5 Å². The van der Waals surface area contributed by atoms with E-state index < -0.39 is 15.1 Å². The zero-order valence-electron chi connectivity index (χ0n) is 9.85. The summed E-state index contributed by atoms with van der Waals surface area (Å²) >= 11 is 0. The SMILES string of the molecule is COc1ccc(OC)c(S(=O)(=O)C(C)C)c1. The highest BCUT2D eigenvalue weighted by Gasteiger charge is 2.24. The van der Waals surface area contributed by atoms with E-state index in [0.717, 1.165) is 0 Å². The van der Waals surface area contributed by atoms with Crippen LogP contribution in [-0.4, -0.2) is 27.9 Å². The Balaban J connectivity index is 3.41. The Morgan fingerprint density at radius 1 is 1.12 bits per heavy atom. The molecular weight excluding hydrogens is 228 g/mol. The molecule has 1 rings (SSSR count). The molecule has 0 aromatic heterocycles. The monoisotopic (exact) mass is 244 g/mol. The maximum Gasteiger partial charge on any atom is 0.184 e. The van der Waals surface area contributed by atoms with E-state index in [1.807, 2.05) is 0 Å². The second-order valence-corrected chi connectivity index (χ2v) is 6.08. The summed E-state index contributed by atoms with van der Waals surface area (Å²) in [6, 6.07) is 4.74. The van der Waals surface area contributed by atoms with Gasteiger partial charge in [-0.1, -0.05) is 0 Å². The maximum atomic E-state index is 12.0. The first-order valence-electron chi connectivity index (χ1n) is 4.89. The molecule has 0 N–H and O–H groups in total. The lowest BCUT2D eigenvalue weighted by Gasteiger charge is -2.13. The molecule has 0 bridgehead atoms. The van der Waals surface area contributed by atoms with E-state index in [4.69, 9.17) is 9.47 Å². The molecule has 1 aromatic carbocycles. The Bertz CT molecular complexity index is 463. The topological polar surface area (TPSA) is 52.6 Å². The first-order valence-corrected chi connectivity index (χ1v) is 6.44. The lowest BCUT2D eigenvalue weighted by atomic mass is 10.3. The average molecular weight is 244 g/mol. The van der Waals surface area contributed by atoms with E-state index in [0.29, 0.717) is 11.5 Å². The number of ether oxygens (including phenoxy) is 2. The van der Waals surface area contributed by atoms with Crippen molar-refractivity contribution in [2.45, 2.75) is 24.0 Å². The summed E-state index contributed by atoms with van der Waals surface area (Å²) in [4.78, 5) is 0.171. The summed E-state index contributed by atoms with van der Waals surface area (Å²) in [6.45, 7) is 3.27. The van der Waals surface area contributed by atoms with Gasteiger partial charge in [-0.3, -0.25) is 0 Å². The van der Waals surface area contributed by atoms with Crippen LogP contribution in [0, 0.1) is 0 Å². The Kier molecular flexibility index (Phi) is 3.80. The minimum atomic E-state index is -3.36. The first kappa shape index (κ1) is 12.8. The molecule has 16 heavy (non-hydrogen) atoms. The summed E-state index contributed by atoms with van der Waals surface area (Å²) in [5.74, 6) is 0.842. The molecule has 0 amide bonds. The molecule has 0 saturated carbocycles. The van der Waals surface area contributed by atoms with Crippen LogP contribution in [0.5, 0.6) is 11.5 Å². The number of rotatable bonds is 4. The Morgan fingerprint density at radius 3 is 2.19 bits per heavy atom. The van der Waals surface area contributed by atoms with Crippen LogP contribution in [0.2, 0.25) is 0 Å². The molecule has 0 radical (unpaired) electrons. The van der Waals surface area contributed by atoms with E-state index in [2.05, 4.69) is 0 Å². The lowest BCUT2D eigenvalue weighted by Crippen LogP contribution is -2.15. The highest BCUT2D eigenvalue weighted by Crippen LogP contribution is 2.30. The van der Waals surface area contributed by atoms with E-state index in [1.165, 1.54) is 20.3 Å². The smallest absolute Gasteiger partial charge is 0.184 e. The zero-order valence-corrected chi connectivity index (χ0v) is 10.7. The van der Waals surface area contributed by atoms with Crippen molar-refractivity contribution in [1.82, 2.24) is 0 Å². The van der Waals surface area contributed by atoms with Gasteiger partial charge in [-0.05, 0) is 26.0 Å². The quantitative estimate of drug-likeness (QED) is 0.811. The molecule has 5 heteroatoms. The summed E-state index contributed by atoms with van der Waals surface area (Å²) in [7, 11) is -0.418. The predicted molar refractivity (Wildman–Crippen MR) is 61.9 cm³/mol. The fourth-order valence-electron chi connectivity index (χ4n) is 1.26. The largest absolute Gasteiger partial charge is 0.497 e. The number of hydrogen-bond donors (Lipinski definition) is 0. The van der Waals surface area contributed by atoms with Crippen molar-refractivity contribution in [3.05, 3.63) is 18.2 Å². The van der Waals surface area contributed by atoms with E-state index >= 15 is 0 Å². The normalized spacial score (nSPS) is 11.6. The second kappa shape index (κ2) is 4.74. The minimum absolute atomic E-state index is 0.171. The van der Waals surface area contributed by atoms with E-state index in [1.54, 1.807) is 26.0 Å². The van der Waals surface area contributed by atoms with Crippen LogP contribution in [0.1, 0.15) is 13.8 Å². The molecule has 4 nitrogen and oxygen atoms in total. The van der Waals surface area contributed by atoms with E-state index in [-0.39, 0.29) is 4.90 Å². The Morgan fingerprint density at radius 2 is 1.75 bits per heavy atom. The average Bonchev–Trinajstić information content (AvgIpc) is 2.27. The number of methoxy groups -OCH3 is 2. The first-order chi connectivity index (χ1) is 7.43. The van der Waals surface area contributed by atoms with Gasteiger partial charge in [0.2, 0.25) is 0 Å². The molecule has 0 atom stereocenters. The Hall–Kier alpha value is -1.23. The third-order valence-electron chi connectivity index (χ3n) is 2.30. The van der Waals surface area contributed by atoms with Gasteiger partial charge >= 0.3 is 0 Å². The number of hydrogen-bond acceptors (Lipinski definition) is 4. The van der Waals surface area contributed by atoms with Crippen molar-refractivity contribution in [3.8, 4) is 11.5 Å². The van der Waals surface area contributed by atoms with Crippen molar-refractivity contribution in [2.24, 2.45) is 0 Å². The molecule has 0 heterocycles. The number of sulfone groups is 1. The van der Waals surface area contributed by atoms with E-state index in [9.17, 15) is 8.42 Å². The van der Waals surface area contributed by atoms with Crippen molar-refractivity contribution >= 4 is 9.84 Å². The van der Waals surface area contributed by atoms with Crippen LogP contribution in [0.4, 0.5) is 0 Å². The summed E-state index contributed by atoms with van der Waals surface area (Å²) in [5, 5.41) is -0.492. The van der Waals surface area contributed by atoms with Crippen LogP contribution in [0.15, 0.2) is 23.1 Å². The van der Waals surface area contributed by atoms with Crippen molar-refractivity contribution in [2.75, 3.05) is 14.2 Å². The van der Waals surface area contributed by atoms with Gasteiger partial charge in [-0.25, -0.2) is 8.42 Å². The van der Waals surface area contributed by atoms with Gasteiger partial charge in [-0.2, -0.15) is 0 Å². The van der Waals surface area contributed by atoms with Gasteiger partial charge in [0.15, 0.2) is 9.84 Å². The molecule has 0 saturated heterocycles. The highest BCUT2D eigenvalue weighted by atomic mass is 32.2. The van der Waals surface area contributed by atoms with Crippen LogP contribution in [0.3, 0.4) is 0 Å². The fraction of sp³-hybridized carbons (Fsp3) is 0.455. The van der Waals surface area contributed by atoms with Gasteiger partial charge in [0.1, 0.15) is 16.4 Å². The van der Waals surface area contributed by atoms with Crippen molar-refractivity contribution in [1.29, 1.82) is 0 Å². The summed E-state index contributed by atoms with van der Waals surface area (Å²) in [6.07, 6.45) is 0. The Labute approximate surface area is 96.1 Å². The van der Waals surface area contributed by atoms with Crippen LogP contribution in [0.25, 0.3) is 0 Å². The van der Waals surface area contributed by atoms with Crippen molar-refractivity contribution in [3.63, 3.8) is 0 Å². The molecule has 0 aliphatic rings. The van der Waals surface area contributed by atoms with Crippen LogP contribution >= 0.6 is 0 Å². The summed E-state index contributed by atoms with van der Waals surface area (Å²) < 4.78 is 34.1. The van der Waals surface area contributed by atoms with Gasteiger partial charge in [0, 0.05) is 6.07 Å². The van der Waals surface area contributed by atoms with Crippen LogP contribution in [-0.2, 0) is 9.84 Å². The second-order valence-electron chi connectivity index (χ2n) is 3.61. The molecule has 0 fully saturated rings. The number of benzene rings is 1. The third kappa shape index (κ3) is 2.29.